The Labute approximate surface area is 111 Å². The zero-order chi connectivity index (χ0) is 15.5. The van der Waals surface area contributed by atoms with Crippen molar-refractivity contribution >= 4 is 11.7 Å². The van der Waals surface area contributed by atoms with Gasteiger partial charge in [0.15, 0.2) is 0 Å². The van der Waals surface area contributed by atoms with E-state index in [1.807, 2.05) is 0 Å². The highest BCUT2D eigenvalue weighted by Gasteiger charge is 2.33. The second-order valence-electron chi connectivity index (χ2n) is 4.13. The van der Waals surface area contributed by atoms with Crippen molar-refractivity contribution in [3.8, 4) is 0 Å². The van der Waals surface area contributed by atoms with Crippen molar-refractivity contribution in [2.75, 3.05) is 18.0 Å². The van der Waals surface area contributed by atoms with Gasteiger partial charge in [0.05, 0.1) is 5.56 Å². The van der Waals surface area contributed by atoms with Crippen molar-refractivity contribution in [2.45, 2.75) is 19.5 Å². The number of rotatable bonds is 5. The highest BCUT2D eigenvalue weighted by atomic mass is 19.4. The normalized spacial score (nSPS) is 11.5. The summed E-state index contributed by atoms with van der Waals surface area (Å²) in [6.07, 6.45) is -4.38. The molecule has 0 aromatic heterocycles. The minimum Gasteiger partial charge on any atom is -0.478 e. The first kappa shape index (κ1) is 16.2. The highest BCUT2D eigenvalue weighted by Crippen LogP contribution is 2.28. The van der Waals surface area contributed by atoms with Crippen molar-refractivity contribution in [3.05, 3.63) is 29.3 Å². The molecule has 0 saturated heterocycles. The van der Waals surface area contributed by atoms with Gasteiger partial charge in [-0.15, -0.1) is 0 Å². The SMILES string of the molecule is CCCN(CC(F)(F)F)c1c(F)cc(C(=O)O)cc1F. The third-order valence-electron chi connectivity index (χ3n) is 2.44. The molecule has 0 fully saturated rings. The molecule has 1 aromatic rings. The molecule has 0 aliphatic rings. The van der Waals surface area contributed by atoms with Crippen LogP contribution in [0.25, 0.3) is 0 Å². The summed E-state index contributed by atoms with van der Waals surface area (Å²) >= 11 is 0. The minimum absolute atomic E-state index is 0.209. The molecule has 0 spiro atoms. The average Bonchev–Trinajstić information content (AvgIpc) is 2.25. The summed E-state index contributed by atoms with van der Waals surface area (Å²) in [5, 5.41) is 8.63. The molecular formula is C12H12F5NO2. The number of alkyl halides is 3. The average molecular weight is 297 g/mol. The van der Waals surface area contributed by atoms with Crippen molar-refractivity contribution < 1.29 is 31.9 Å². The van der Waals surface area contributed by atoms with E-state index >= 15 is 0 Å². The Kier molecular flexibility index (Phi) is 4.91. The molecule has 1 rings (SSSR count). The molecule has 0 unspecified atom stereocenters. The summed E-state index contributed by atoms with van der Waals surface area (Å²) in [5.41, 5.74) is -1.53. The molecule has 0 saturated carbocycles. The molecule has 20 heavy (non-hydrogen) atoms. The van der Waals surface area contributed by atoms with Crippen LogP contribution in [0, 0.1) is 11.6 Å². The topological polar surface area (TPSA) is 40.5 Å². The van der Waals surface area contributed by atoms with Crippen molar-refractivity contribution in [2.24, 2.45) is 0 Å². The molecule has 0 aliphatic carbocycles. The largest absolute Gasteiger partial charge is 0.478 e. The maximum absolute atomic E-state index is 13.7. The summed E-state index contributed by atoms with van der Waals surface area (Å²) in [6, 6.07) is 1.000. The lowest BCUT2D eigenvalue weighted by Gasteiger charge is -2.26. The summed E-state index contributed by atoms with van der Waals surface area (Å²) in [4.78, 5) is 11.1. The van der Waals surface area contributed by atoms with Crippen molar-refractivity contribution in [3.63, 3.8) is 0 Å². The first-order chi connectivity index (χ1) is 9.15. The van der Waals surface area contributed by atoms with Gasteiger partial charge in [0.25, 0.3) is 0 Å². The van der Waals surface area contributed by atoms with E-state index in [1.165, 1.54) is 0 Å². The molecule has 8 heteroatoms. The lowest BCUT2D eigenvalue weighted by molar-refractivity contribution is -0.119. The number of carboxylic acid groups (broad SMARTS) is 1. The smallest absolute Gasteiger partial charge is 0.405 e. The highest BCUT2D eigenvalue weighted by molar-refractivity contribution is 5.88. The van der Waals surface area contributed by atoms with E-state index in [0.29, 0.717) is 17.0 Å². The first-order valence-electron chi connectivity index (χ1n) is 5.69. The number of halogens is 5. The fourth-order valence-corrected chi connectivity index (χ4v) is 1.75. The zero-order valence-corrected chi connectivity index (χ0v) is 10.5. The number of carboxylic acids is 1. The Morgan fingerprint density at radius 1 is 1.25 bits per heavy atom. The number of anilines is 1. The van der Waals surface area contributed by atoms with E-state index in [0.717, 1.165) is 0 Å². The van der Waals surface area contributed by atoms with Gasteiger partial charge in [0, 0.05) is 6.54 Å². The van der Waals surface area contributed by atoms with Gasteiger partial charge in [-0.2, -0.15) is 13.2 Å². The van der Waals surface area contributed by atoms with E-state index in [4.69, 9.17) is 5.11 Å². The third-order valence-corrected chi connectivity index (χ3v) is 2.44. The maximum Gasteiger partial charge on any atom is 0.405 e. The molecule has 0 amide bonds. The Morgan fingerprint density at radius 3 is 2.10 bits per heavy atom. The number of benzene rings is 1. The van der Waals surface area contributed by atoms with Gasteiger partial charge in [0.2, 0.25) is 0 Å². The molecular weight excluding hydrogens is 285 g/mol. The number of hydrogen-bond acceptors (Lipinski definition) is 2. The van der Waals surface area contributed by atoms with E-state index in [-0.39, 0.29) is 13.0 Å². The van der Waals surface area contributed by atoms with Crippen LogP contribution in [-0.4, -0.2) is 30.3 Å². The van der Waals surface area contributed by atoms with Gasteiger partial charge < -0.3 is 10.0 Å². The van der Waals surface area contributed by atoms with Crippen LogP contribution < -0.4 is 4.90 Å². The molecule has 112 valence electrons. The summed E-state index contributed by atoms with van der Waals surface area (Å²) in [6.45, 7) is -0.161. The van der Waals surface area contributed by atoms with Crippen molar-refractivity contribution in [1.29, 1.82) is 0 Å². The van der Waals surface area contributed by atoms with E-state index < -0.39 is 41.6 Å². The molecule has 1 N–H and O–H groups in total. The molecule has 0 heterocycles. The van der Waals surface area contributed by atoms with Gasteiger partial charge in [-0.25, -0.2) is 13.6 Å². The minimum atomic E-state index is -4.63. The lowest BCUT2D eigenvalue weighted by Crippen LogP contribution is -2.36. The Hall–Kier alpha value is -1.86. The fourth-order valence-electron chi connectivity index (χ4n) is 1.75. The van der Waals surface area contributed by atoms with Crippen LogP contribution in [0.2, 0.25) is 0 Å². The van der Waals surface area contributed by atoms with Crippen LogP contribution in [0.3, 0.4) is 0 Å². The summed E-state index contributed by atoms with van der Waals surface area (Å²) in [5.74, 6) is -4.23. The number of carbonyl (C=O) groups is 1. The van der Waals surface area contributed by atoms with E-state index in [1.54, 1.807) is 6.92 Å². The van der Waals surface area contributed by atoms with Crippen LogP contribution in [0.15, 0.2) is 12.1 Å². The van der Waals surface area contributed by atoms with Gasteiger partial charge >= 0.3 is 12.1 Å². The Bertz CT molecular complexity index is 478. The van der Waals surface area contributed by atoms with Gasteiger partial charge in [-0.1, -0.05) is 6.92 Å². The number of nitrogens with zero attached hydrogens (tertiary/aromatic N) is 1. The molecule has 0 bridgehead atoms. The van der Waals surface area contributed by atoms with Crippen LogP contribution in [0.4, 0.5) is 27.6 Å². The second kappa shape index (κ2) is 6.06. The summed E-state index contributed by atoms with van der Waals surface area (Å²) < 4.78 is 64.6. The van der Waals surface area contributed by atoms with Crippen LogP contribution in [-0.2, 0) is 0 Å². The van der Waals surface area contributed by atoms with Crippen molar-refractivity contribution in [1.82, 2.24) is 0 Å². The predicted molar refractivity (Wildman–Crippen MR) is 61.9 cm³/mol. The predicted octanol–water partition coefficient (Wildman–Crippen LogP) is 3.44. The van der Waals surface area contributed by atoms with E-state index in [9.17, 15) is 26.7 Å². The summed E-state index contributed by atoms with van der Waals surface area (Å²) in [7, 11) is 0. The number of aromatic carboxylic acids is 1. The van der Waals surface area contributed by atoms with Gasteiger partial charge in [-0.05, 0) is 18.6 Å². The zero-order valence-electron chi connectivity index (χ0n) is 10.5. The Morgan fingerprint density at radius 2 is 1.75 bits per heavy atom. The quantitative estimate of drug-likeness (QED) is 0.846. The van der Waals surface area contributed by atoms with E-state index in [2.05, 4.69) is 0 Å². The van der Waals surface area contributed by atoms with Gasteiger partial charge in [0.1, 0.15) is 23.9 Å². The maximum atomic E-state index is 13.7. The molecule has 0 atom stereocenters. The first-order valence-corrected chi connectivity index (χ1v) is 5.69. The fraction of sp³-hybridized carbons (Fsp3) is 0.417. The number of hydrogen-bond donors (Lipinski definition) is 1. The Balaban J connectivity index is 3.23. The molecule has 1 aromatic carbocycles. The second-order valence-corrected chi connectivity index (χ2v) is 4.13. The molecule has 0 aliphatic heterocycles. The van der Waals surface area contributed by atoms with Crippen LogP contribution in [0.5, 0.6) is 0 Å². The molecule has 3 nitrogen and oxygen atoms in total. The van der Waals surface area contributed by atoms with Crippen LogP contribution >= 0.6 is 0 Å². The van der Waals surface area contributed by atoms with Gasteiger partial charge in [-0.3, -0.25) is 0 Å². The standard InChI is InChI=1S/C12H12F5NO2/c1-2-3-18(6-12(15,16)17)10-8(13)4-7(11(19)20)5-9(10)14/h4-5H,2-3,6H2,1H3,(H,19,20). The lowest BCUT2D eigenvalue weighted by atomic mass is 10.1. The third kappa shape index (κ3) is 4.07. The monoisotopic (exact) mass is 297 g/mol. The van der Waals surface area contributed by atoms with Crippen LogP contribution in [0.1, 0.15) is 23.7 Å². The molecule has 0 radical (unpaired) electrons.